The number of furan rings is 1. The van der Waals surface area contributed by atoms with Crippen LogP contribution >= 0.6 is 0 Å². The number of amides is 1. The van der Waals surface area contributed by atoms with Gasteiger partial charge in [0.2, 0.25) is 11.8 Å². The molecule has 0 aliphatic carbocycles. The number of rotatable bonds is 8. The van der Waals surface area contributed by atoms with E-state index in [1.54, 1.807) is 24.3 Å². The zero-order valence-electron chi connectivity index (χ0n) is 17.8. The predicted molar refractivity (Wildman–Crippen MR) is 116 cm³/mol. The molecule has 0 spiro atoms. The minimum atomic E-state index is -0.371. The highest BCUT2D eigenvalue weighted by Gasteiger charge is 2.16. The second-order valence-electron chi connectivity index (χ2n) is 7.39. The zero-order chi connectivity index (χ0) is 22.3. The maximum atomic E-state index is 12.2. The van der Waals surface area contributed by atoms with Gasteiger partial charge in [0.1, 0.15) is 31.0 Å². The van der Waals surface area contributed by atoms with Crippen molar-refractivity contribution in [2.45, 2.75) is 6.54 Å². The molecule has 32 heavy (non-hydrogen) atoms. The number of nitrogens with one attached hydrogen (secondary N) is 1. The molecule has 4 heterocycles. The lowest BCUT2D eigenvalue weighted by molar-refractivity contribution is -0.122. The third-order valence-corrected chi connectivity index (χ3v) is 5.06. The minimum absolute atomic E-state index is 0.200. The number of carbonyl (C=O) groups is 1. The predicted octanol–water partition coefficient (Wildman–Crippen LogP) is 0.240. The number of ether oxygens (including phenoxy) is 1. The molecule has 0 radical (unpaired) electrons. The van der Waals surface area contributed by atoms with Crippen LogP contribution in [0.5, 0.6) is 5.88 Å². The number of nitrogens with zero attached hydrogens (tertiary/aromatic N) is 6. The summed E-state index contributed by atoms with van der Waals surface area (Å²) in [7, 11) is 2.10. The highest BCUT2D eigenvalue weighted by atomic mass is 16.5. The first kappa shape index (κ1) is 21.5. The molecule has 11 heteroatoms. The lowest BCUT2D eigenvalue weighted by Gasteiger charge is -2.33. The van der Waals surface area contributed by atoms with E-state index in [1.165, 1.54) is 18.7 Å². The van der Waals surface area contributed by atoms with Crippen molar-refractivity contribution in [2.75, 3.05) is 51.3 Å². The van der Waals surface area contributed by atoms with Crippen molar-refractivity contribution in [1.29, 1.82) is 0 Å². The number of aromatic nitrogens is 4. The maximum Gasteiger partial charge on any atom is 0.267 e. The van der Waals surface area contributed by atoms with Crippen molar-refractivity contribution in [2.24, 2.45) is 0 Å². The quantitative estimate of drug-likeness (QED) is 0.492. The summed E-state index contributed by atoms with van der Waals surface area (Å²) >= 11 is 0. The fourth-order valence-corrected chi connectivity index (χ4v) is 3.27. The standard InChI is InChI=1S/C21H25N7O4/c1-26-7-9-27(10-8-26)18-13-20(24-15-23-18)32-12-6-22-19(29)14-28-21(30)5-4-16(25-28)17-3-2-11-31-17/h2-5,11,13,15H,6-10,12,14H2,1H3,(H,22,29). The van der Waals surface area contributed by atoms with Crippen LogP contribution in [0.2, 0.25) is 0 Å². The van der Waals surface area contributed by atoms with Gasteiger partial charge >= 0.3 is 0 Å². The van der Waals surface area contributed by atoms with E-state index in [2.05, 4.69) is 37.2 Å². The molecule has 0 saturated carbocycles. The molecule has 1 aliphatic rings. The van der Waals surface area contributed by atoms with Gasteiger partial charge in [-0.05, 0) is 25.2 Å². The molecule has 1 saturated heterocycles. The van der Waals surface area contributed by atoms with Gasteiger partial charge in [0.25, 0.3) is 5.56 Å². The van der Waals surface area contributed by atoms with E-state index in [0.717, 1.165) is 36.7 Å². The Morgan fingerprint density at radius 1 is 1.19 bits per heavy atom. The Morgan fingerprint density at radius 2 is 2.03 bits per heavy atom. The molecular formula is C21H25N7O4. The van der Waals surface area contributed by atoms with Crippen molar-refractivity contribution in [3.05, 3.63) is 53.3 Å². The van der Waals surface area contributed by atoms with E-state index in [4.69, 9.17) is 9.15 Å². The van der Waals surface area contributed by atoms with Gasteiger partial charge in [-0.25, -0.2) is 14.6 Å². The van der Waals surface area contributed by atoms with Crippen molar-refractivity contribution in [1.82, 2.24) is 30.0 Å². The molecule has 0 atom stereocenters. The largest absolute Gasteiger partial charge is 0.476 e. The van der Waals surface area contributed by atoms with E-state index in [9.17, 15) is 9.59 Å². The molecule has 1 aliphatic heterocycles. The lowest BCUT2D eigenvalue weighted by Crippen LogP contribution is -2.44. The fraction of sp³-hybridized carbons (Fsp3) is 0.381. The summed E-state index contributed by atoms with van der Waals surface area (Å²) in [5.74, 6) is 1.45. The Labute approximate surface area is 184 Å². The van der Waals surface area contributed by atoms with Crippen LogP contribution < -0.4 is 20.5 Å². The molecule has 0 aromatic carbocycles. The van der Waals surface area contributed by atoms with Crippen LogP contribution in [-0.4, -0.2) is 76.9 Å². The van der Waals surface area contributed by atoms with Gasteiger partial charge in [-0.3, -0.25) is 9.59 Å². The van der Waals surface area contributed by atoms with E-state index in [0.29, 0.717) is 17.3 Å². The minimum Gasteiger partial charge on any atom is -0.476 e. The third kappa shape index (κ3) is 5.49. The molecule has 1 amide bonds. The summed E-state index contributed by atoms with van der Waals surface area (Å²) < 4.78 is 12.0. The van der Waals surface area contributed by atoms with Gasteiger partial charge in [0.15, 0.2) is 5.76 Å². The van der Waals surface area contributed by atoms with Crippen LogP contribution in [0, 0.1) is 0 Å². The average Bonchev–Trinajstić information content (AvgIpc) is 3.34. The van der Waals surface area contributed by atoms with Gasteiger partial charge < -0.3 is 24.3 Å². The molecule has 3 aromatic rings. The van der Waals surface area contributed by atoms with E-state index in [1.807, 2.05) is 0 Å². The number of hydrogen-bond donors (Lipinski definition) is 1. The first-order valence-corrected chi connectivity index (χ1v) is 10.4. The molecule has 1 N–H and O–H groups in total. The van der Waals surface area contributed by atoms with Crippen LogP contribution in [0.1, 0.15) is 0 Å². The first-order valence-electron chi connectivity index (χ1n) is 10.4. The van der Waals surface area contributed by atoms with Crippen LogP contribution in [0.25, 0.3) is 11.5 Å². The molecule has 4 rings (SSSR count). The monoisotopic (exact) mass is 439 g/mol. The van der Waals surface area contributed by atoms with Gasteiger partial charge in [0, 0.05) is 38.3 Å². The van der Waals surface area contributed by atoms with E-state index >= 15 is 0 Å². The SMILES string of the molecule is CN1CCN(c2cc(OCCNC(=O)Cn3nc(-c4ccco4)ccc3=O)ncn2)CC1. The Hall–Kier alpha value is -3.73. The topological polar surface area (TPSA) is 119 Å². The molecule has 0 unspecified atom stereocenters. The van der Waals surface area contributed by atoms with Crippen LogP contribution in [-0.2, 0) is 11.3 Å². The van der Waals surface area contributed by atoms with Crippen LogP contribution in [0.4, 0.5) is 5.82 Å². The zero-order valence-corrected chi connectivity index (χ0v) is 17.8. The molecule has 168 valence electrons. The molecule has 1 fully saturated rings. The Kier molecular flexibility index (Phi) is 6.75. The molecule has 3 aromatic heterocycles. The van der Waals surface area contributed by atoms with Gasteiger partial charge in [-0.1, -0.05) is 0 Å². The van der Waals surface area contributed by atoms with Crippen molar-refractivity contribution in [3.63, 3.8) is 0 Å². The Morgan fingerprint density at radius 3 is 2.81 bits per heavy atom. The fourth-order valence-electron chi connectivity index (χ4n) is 3.27. The second kappa shape index (κ2) is 10.1. The number of piperazine rings is 1. The smallest absolute Gasteiger partial charge is 0.267 e. The number of hydrogen-bond acceptors (Lipinski definition) is 9. The lowest BCUT2D eigenvalue weighted by atomic mass is 10.3. The Bertz CT molecular complexity index is 1090. The summed E-state index contributed by atoms with van der Waals surface area (Å²) in [6.45, 7) is 4.06. The molecule has 11 nitrogen and oxygen atoms in total. The summed E-state index contributed by atoms with van der Waals surface area (Å²) in [5, 5.41) is 6.90. The van der Waals surface area contributed by atoms with Crippen molar-refractivity contribution < 1.29 is 13.9 Å². The number of carbonyl (C=O) groups excluding carboxylic acids is 1. The second-order valence-corrected chi connectivity index (χ2v) is 7.39. The summed E-state index contributed by atoms with van der Waals surface area (Å²) in [5.41, 5.74) is 0.106. The van der Waals surface area contributed by atoms with Gasteiger partial charge in [0.05, 0.1) is 12.8 Å². The van der Waals surface area contributed by atoms with E-state index in [-0.39, 0.29) is 31.2 Å². The van der Waals surface area contributed by atoms with Crippen molar-refractivity contribution in [3.8, 4) is 17.3 Å². The summed E-state index contributed by atoms with van der Waals surface area (Å²) in [4.78, 5) is 37.2. The summed E-state index contributed by atoms with van der Waals surface area (Å²) in [6.07, 6.45) is 3.00. The third-order valence-electron chi connectivity index (χ3n) is 5.06. The maximum absolute atomic E-state index is 12.2. The normalized spacial score (nSPS) is 14.3. The molecular weight excluding hydrogens is 414 g/mol. The summed E-state index contributed by atoms with van der Waals surface area (Å²) in [6, 6.07) is 8.17. The van der Waals surface area contributed by atoms with E-state index < -0.39 is 0 Å². The average molecular weight is 439 g/mol. The Balaban J connectivity index is 1.25. The highest BCUT2D eigenvalue weighted by Crippen LogP contribution is 2.17. The van der Waals surface area contributed by atoms with Crippen LogP contribution in [0.3, 0.4) is 0 Å². The van der Waals surface area contributed by atoms with Gasteiger partial charge in [-0.15, -0.1) is 0 Å². The number of likely N-dealkylation sites (N-methyl/N-ethyl adjacent to an activating group) is 1. The van der Waals surface area contributed by atoms with Gasteiger partial charge in [-0.2, -0.15) is 5.10 Å². The number of anilines is 1. The van der Waals surface area contributed by atoms with Crippen molar-refractivity contribution >= 4 is 11.7 Å². The molecule has 0 bridgehead atoms. The highest BCUT2D eigenvalue weighted by molar-refractivity contribution is 5.75. The first-order chi connectivity index (χ1) is 15.6. The van der Waals surface area contributed by atoms with Crippen LogP contribution in [0.15, 0.2) is 52.1 Å².